The molecule has 8 heteroatoms. The Balaban J connectivity index is 2.26. The molecule has 1 saturated heterocycles. The summed E-state index contributed by atoms with van der Waals surface area (Å²) in [4.78, 5) is 11.8. The maximum absolute atomic E-state index is 12.7. The second-order valence-electron chi connectivity index (χ2n) is 5.34. The third kappa shape index (κ3) is 4.07. The van der Waals surface area contributed by atoms with Gasteiger partial charge in [0.2, 0.25) is 10.0 Å². The summed E-state index contributed by atoms with van der Waals surface area (Å²) in [7, 11) is -3.72. The zero-order valence-electron chi connectivity index (χ0n) is 12.9. The zero-order chi connectivity index (χ0) is 17.0. The Morgan fingerprint density at radius 3 is 2.65 bits per heavy atom. The smallest absolute Gasteiger partial charge is 0.339 e. The van der Waals surface area contributed by atoms with Gasteiger partial charge in [0, 0.05) is 13.1 Å². The monoisotopic (exact) mass is 338 g/mol. The van der Waals surface area contributed by atoms with E-state index in [0.29, 0.717) is 0 Å². The Morgan fingerprint density at radius 2 is 2.04 bits per heavy atom. The van der Waals surface area contributed by atoms with Crippen LogP contribution in [0.5, 0.6) is 0 Å². The lowest BCUT2D eigenvalue weighted by Gasteiger charge is -2.34. The molecule has 1 fully saturated rings. The normalized spacial score (nSPS) is 22.3. The van der Waals surface area contributed by atoms with Crippen molar-refractivity contribution in [2.24, 2.45) is 0 Å². The van der Waals surface area contributed by atoms with Crippen molar-refractivity contribution in [1.82, 2.24) is 4.31 Å². The minimum atomic E-state index is -3.72. The van der Waals surface area contributed by atoms with Crippen LogP contribution in [0.4, 0.5) is 0 Å². The largest absolute Gasteiger partial charge is 0.447 e. The number of sulfonamides is 1. The minimum Gasteiger partial charge on any atom is -0.447 e. The number of carbonyl (C=O) groups is 1. The molecular weight excluding hydrogens is 320 g/mol. The lowest BCUT2D eigenvalue weighted by atomic mass is 10.2. The van der Waals surface area contributed by atoms with Gasteiger partial charge >= 0.3 is 5.97 Å². The molecule has 0 radical (unpaired) electrons. The van der Waals surface area contributed by atoms with Gasteiger partial charge in [-0.3, -0.25) is 0 Å². The number of ether oxygens (including phenoxy) is 2. The summed E-state index contributed by atoms with van der Waals surface area (Å²) in [5, 5.41) is 8.42. The summed E-state index contributed by atoms with van der Waals surface area (Å²) in [6.45, 7) is 3.77. The molecule has 0 aromatic heterocycles. The van der Waals surface area contributed by atoms with Crippen LogP contribution in [0.2, 0.25) is 0 Å². The van der Waals surface area contributed by atoms with Crippen LogP contribution in [0.3, 0.4) is 0 Å². The van der Waals surface area contributed by atoms with Crippen molar-refractivity contribution >= 4 is 16.0 Å². The number of nitrogens with zero attached hydrogens (tertiary/aromatic N) is 2. The third-order valence-corrected chi connectivity index (χ3v) is 5.19. The van der Waals surface area contributed by atoms with Crippen LogP contribution in [-0.2, 0) is 19.5 Å². The van der Waals surface area contributed by atoms with Gasteiger partial charge in [-0.15, -0.1) is 0 Å². The molecule has 1 aromatic rings. The molecule has 0 aliphatic carbocycles. The first kappa shape index (κ1) is 17.4. The first-order chi connectivity index (χ1) is 10.8. The van der Waals surface area contributed by atoms with Crippen LogP contribution in [0.1, 0.15) is 24.2 Å². The van der Waals surface area contributed by atoms with E-state index in [1.165, 1.54) is 28.6 Å². The molecule has 0 bridgehead atoms. The van der Waals surface area contributed by atoms with E-state index < -0.39 is 16.0 Å². The van der Waals surface area contributed by atoms with Crippen molar-refractivity contribution in [3.05, 3.63) is 29.8 Å². The molecule has 23 heavy (non-hydrogen) atoms. The quantitative estimate of drug-likeness (QED) is 0.764. The first-order valence-electron chi connectivity index (χ1n) is 7.14. The number of esters is 1. The van der Waals surface area contributed by atoms with Gasteiger partial charge in [-0.2, -0.15) is 9.57 Å². The lowest BCUT2D eigenvalue weighted by Crippen LogP contribution is -2.48. The van der Waals surface area contributed by atoms with Crippen molar-refractivity contribution < 1.29 is 22.7 Å². The third-order valence-electron chi connectivity index (χ3n) is 3.36. The maximum Gasteiger partial charge on any atom is 0.339 e. The Kier molecular flexibility index (Phi) is 5.36. The fourth-order valence-electron chi connectivity index (χ4n) is 2.44. The van der Waals surface area contributed by atoms with Crippen molar-refractivity contribution in [2.45, 2.75) is 31.0 Å². The molecule has 1 aliphatic rings. The number of benzene rings is 1. The van der Waals surface area contributed by atoms with E-state index in [9.17, 15) is 13.2 Å². The van der Waals surface area contributed by atoms with Crippen molar-refractivity contribution in [3.8, 4) is 6.07 Å². The SMILES string of the molecule is C[C@@H]1CN(S(=O)(=O)c2cccc(C(=O)OCC#N)c2)C[C@@H](C)O1. The Bertz CT molecular complexity index is 716. The Morgan fingerprint density at radius 1 is 1.39 bits per heavy atom. The van der Waals surface area contributed by atoms with E-state index in [0.717, 1.165) is 0 Å². The first-order valence-corrected chi connectivity index (χ1v) is 8.58. The molecule has 0 N–H and O–H groups in total. The second kappa shape index (κ2) is 7.08. The van der Waals surface area contributed by atoms with E-state index in [-0.39, 0.29) is 42.4 Å². The molecule has 0 unspecified atom stereocenters. The maximum atomic E-state index is 12.7. The van der Waals surface area contributed by atoms with Gasteiger partial charge in [0.05, 0.1) is 22.7 Å². The molecule has 2 atom stereocenters. The molecule has 1 aliphatic heterocycles. The van der Waals surface area contributed by atoms with Crippen LogP contribution >= 0.6 is 0 Å². The zero-order valence-corrected chi connectivity index (χ0v) is 13.7. The summed E-state index contributed by atoms with van der Waals surface area (Å²) in [5.74, 6) is -0.729. The van der Waals surface area contributed by atoms with Crippen LogP contribution in [-0.4, -0.2) is 50.6 Å². The molecule has 0 amide bonds. The molecule has 0 saturated carbocycles. The fourth-order valence-corrected chi connectivity index (χ4v) is 4.08. The van der Waals surface area contributed by atoms with Gasteiger partial charge in [0.25, 0.3) is 0 Å². The molecular formula is C15H18N2O5S. The molecule has 124 valence electrons. The number of carbonyl (C=O) groups excluding carboxylic acids is 1. The highest BCUT2D eigenvalue weighted by Crippen LogP contribution is 2.22. The average Bonchev–Trinajstić information content (AvgIpc) is 2.51. The van der Waals surface area contributed by atoms with E-state index in [1.807, 2.05) is 13.8 Å². The van der Waals surface area contributed by atoms with Crippen molar-refractivity contribution in [1.29, 1.82) is 5.26 Å². The van der Waals surface area contributed by atoms with Gasteiger partial charge in [0.15, 0.2) is 6.61 Å². The molecule has 1 aromatic carbocycles. The van der Waals surface area contributed by atoms with Crippen molar-refractivity contribution in [2.75, 3.05) is 19.7 Å². The predicted octanol–water partition coefficient (Wildman–Crippen LogP) is 1.16. The second-order valence-corrected chi connectivity index (χ2v) is 7.28. The predicted molar refractivity (Wildman–Crippen MR) is 81.1 cm³/mol. The standard InChI is InChI=1S/C15H18N2O5S/c1-11-9-17(10-12(2)22-11)23(19,20)14-5-3-4-13(8-14)15(18)21-7-6-16/h3-5,8,11-12H,7,9-10H2,1-2H3/t11-,12-/m1/s1. The van der Waals surface area contributed by atoms with Gasteiger partial charge < -0.3 is 9.47 Å². The van der Waals surface area contributed by atoms with Crippen molar-refractivity contribution in [3.63, 3.8) is 0 Å². The van der Waals surface area contributed by atoms with E-state index in [4.69, 9.17) is 14.7 Å². The highest BCUT2D eigenvalue weighted by molar-refractivity contribution is 7.89. The number of hydrogen-bond acceptors (Lipinski definition) is 6. The minimum absolute atomic E-state index is 0.0187. The number of hydrogen-bond donors (Lipinski definition) is 0. The molecule has 1 heterocycles. The Labute approximate surface area is 135 Å². The number of nitriles is 1. The highest BCUT2D eigenvalue weighted by atomic mass is 32.2. The van der Waals surface area contributed by atoms with Gasteiger partial charge in [0.1, 0.15) is 6.07 Å². The molecule has 7 nitrogen and oxygen atoms in total. The topological polar surface area (TPSA) is 96.7 Å². The highest BCUT2D eigenvalue weighted by Gasteiger charge is 2.32. The molecule has 0 spiro atoms. The fraction of sp³-hybridized carbons (Fsp3) is 0.467. The summed E-state index contributed by atoms with van der Waals surface area (Å²) >= 11 is 0. The summed E-state index contributed by atoms with van der Waals surface area (Å²) < 4.78 is 37.1. The lowest BCUT2D eigenvalue weighted by molar-refractivity contribution is -0.0440. The van der Waals surface area contributed by atoms with Gasteiger partial charge in [-0.25, -0.2) is 13.2 Å². The van der Waals surface area contributed by atoms with Crippen LogP contribution in [0.25, 0.3) is 0 Å². The molecule has 2 rings (SSSR count). The summed E-state index contributed by atoms with van der Waals surface area (Å²) in [5.41, 5.74) is 0.0932. The number of rotatable bonds is 4. The van der Waals surface area contributed by atoms with Crippen LogP contribution in [0, 0.1) is 11.3 Å². The average molecular weight is 338 g/mol. The van der Waals surface area contributed by atoms with Crippen LogP contribution in [0.15, 0.2) is 29.2 Å². The van der Waals surface area contributed by atoms with E-state index >= 15 is 0 Å². The van der Waals surface area contributed by atoms with Crippen LogP contribution < -0.4 is 0 Å². The number of morpholine rings is 1. The van der Waals surface area contributed by atoms with E-state index in [2.05, 4.69) is 0 Å². The van der Waals surface area contributed by atoms with Gasteiger partial charge in [-0.1, -0.05) is 6.07 Å². The Hall–Kier alpha value is -1.95. The summed E-state index contributed by atoms with van der Waals surface area (Å²) in [6, 6.07) is 7.31. The van der Waals surface area contributed by atoms with Gasteiger partial charge in [-0.05, 0) is 32.0 Å². The van der Waals surface area contributed by atoms with E-state index in [1.54, 1.807) is 6.07 Å². The summed E-state index contributed by atoms with van der Waals surface area (Å²) in [6.07, 6.45) is -0.394.